The largest absolute Gasteiger partial charge is 0.458 e. The van der Waals surface area contributed by atoms with Crippen LogP contribution in [0.5, 0.6) is 0 Å². The molecule has 0 aliphatic carbocycles. The van der Waals surface area contributed by atoms with Crippen LogP contribution in [0.3, 0.4) is 0 Å². The molecule has 0 aliphatic heterocycles. The molecule has 2 atom stereocenters. The number of benzene rings is 1. The molecule has 0 saturated heterocycles. The lowest BCUT2D eigenvalue weighted by atomic mass is 9.99. The highest BCUT2D eigenvalue weighted by atomic mass is 32.2. The summed E-state index contributed by atoms with van der Waals surface area (Å²) in [5, 5.41) is 0. The van der Waals surface area contributed by atoms with Crippen molar-refractivity contribution in [2.24, 2.45) is 11.8 Å². The Morgan fingerprint density at radius 3 is 2.27 bits per heavy atom. The number of rotatable bonds is 9. The van der Waals surface area contributed by atoms with E-state index in [1.54, 1.807) is 39.0 Å². The van der Waals surface area contributed by atoms with Gasteiger partial charge < -0.3 is 9.64 Å². The van der Waals surface area contributed by atoms with E-state index >= 15 is 0 Å². The van der Waals surface area contributed by atoms with Crippen LogP contribution in [0.15, 0.2) is 28.6 Å². The highest BCUT2D eigenvalue weighted by molar-refractivity contribution is 7.91. The maximum absolute atomic E-state index is 13.5. The Labute approximate surface area is 200 Å². The molecule has 2 aromatic rings. The lowest BCUT2D eigenvalue weighted by Crippen LogP contribution is -2.55. The van der Waals surface area contributed by atoms with E-state index in [0.717, 1.165) is 16.0 Å². The van der Waals surface area contributed by atoms with Gasteiger partial charge >= 0.3 is 5.97 Å². The molecule has 2 rings (SSSR count). The van der Waals surface area contributed by atoms with Crippen LogP contribution in [-0.4, -0.2) is 54.9 Å². The summed E-state index contributed by atoms with van der Waals surface area (Å²) >= 11 is 1.05. The number of fused-ring (bicyclic) bond motifs is 1. The maximum atomic E-state index is 13.5. The first-order valence-electron chi connectivity index (χ1n) is 11.0. The van der Waals surface area contributed by atoms with Crippen molar-refractivity contribution < 1.29 is 22.7 Å². The first-order chi connectivity index (χ1) is 15.1. The Kier molecular flexibility index (Phi) is 8.64. The minimum atomic E-state index is -4.05. The van der Waals surface area contributed by atoms with E-state index in [-0.39, 0.29) is 22.6 Å². The summed E-state index contributed by atoms with van der Waals surface area (Å²) in [6.07, 6.45) is 0.270. The van der Waals surface area contributed by atoms with Gasteiger partial charge in [0.25, 0.3) is 10.0 Å². The smallest absolute Gasteiger partial charge is 0.329 e. The number of ether oxygens (including phenoxy) is 1. The second-order valence-electron chi connectivity index (χ2n) is 9.92. The van der Waals surface area contributed by atoms with Gasteiger partial charge in [0.1, 0.15) is 17.7 Å². The molecule has 8 nitrogen and oxygen atoms in total. The molecule has 0 fully saturated rings. The number of nitrogens with one attached hydrogen (secondary N) is 1. The Hall–Kier alpha value is -2.04. The molecule has 10 heteroatoms. The molecule has 0 radical (unpaired) electrons. The minimum absolute atomic E-state index is 0.0319. The van der Waals surface area contributed by atoms with Crippen molar-refractivity contribution in [3.63, 3.8) is 0 Å². The summed E-state index contributed by atoms with van der Waals surface area (Å²) in [5.41, 5.74) is -0.128. The zero-order valence-corrected chi connectivity index (χ0v) is 22.2. The predicted octanol–water partition coefficient (Wildman–Crippen LogP) is 3.81. The van der Waals surface area contributed by atoms with Crippen molar-refractivity contribution in [2.45, 2.75) is 76.9 Å². The van der Waals surface area contributed by atoms with Crippen LogP contribution in [0.4, 0.5) is 0 Å². The SMILES string of the molecule is CC(C)C[C@H](NS(=O)(=O)c1nc2ccccc2s1)C(=O)N(C)[C@@H](C(=O)OC(C)(C)C)C(C)C. The summed E-state index contributed by atoms with van der Waals surface area (Å²) in [6.45, 7) is 12.7. The van der Waals surface area contributed by atoms with Gasteiger partial charge in [0.05, 0.1) is 10.2 Å². The van der Waals surface area contributed by atoms with Crippen LogP contribution in [0.2, 0.25) is 0 Å². The number of esters is 1. The Balaban J connectivity index is 2.33. The molecular weight excluding hydrogens is 462 g/mol. The van der Waals surface area contributed by atoms with E-state index < -0.39 is 39.6 Å². The number of sulfonamides is 1. The second kappa shape index (κ2) is 10.5. The van der Waals surface area contributed by atoms with Crippen molar-refractivity contribution in [1.82, 2.24) is 14.6 Å². The number of para-hydroxylation sites is 1. The summed E-state index contributed by atoms with van der Waals surface area (Å²) in [6, 6.07) is 5.24. The quantitative estimate of drug-likeness (QED) is 0.528. The van der Waals surface area contributed by atoms with E-state index in [4.69, 9.17) is 4.74 Å². The van der Waals surface area contributed by atoms with Crippen LogP contribution >= 0.6 is 11.3 Å². The average molecular weight is 498 g/mol. The summed E-state index contributed by atoms with van der Waals surface area (Å²) in [4.78, 5) is 31.8. The van der Waals surface area contributed by atoms with Crippen LogP contribution in [0.1, 0.15) is 54.9 Å². The molecule has 0 aliphatic rings. The predicted molar refractivity (Wildman–Crippen MR) is 130 cm³/mol. The standard InChI is InChI=1S/C23H35N3O5S2/c1-14(2)13-17(20(27)26(8)19(15(3)4)21(28)31-23(5,6)7)25-33(29,30)22-24-16-11-9-10-12-18(16)32-22/h9-12,14-15,17,19,25H,13H2,1-8H3/t17-,19+/m0/s1. The number of carbonyl (C=O) groups excluding carboxylic acids is 2. The monoisotopic (exact) mass is 497 g/mol. The van der Waals surface area contributed by atoms with Crippen molar-refractivity contribution >= 4 is 43.5 Å². The van der Waals surface area contributed by atoms with E-state index in [2.05, 4.69) is 9.71 Å². The average Bonchev–Trinajstić information content (AvgIpc) is 3.09. The first kappa shape index (κ1) is 27.2. The van der Waals surface area contributed by atoms with Crippen LogP contribution in [0.25, 0.3) is 10.2 Å². The third-order valence-electron chi connectivity index (χ3n) is 4.85. The second-order valence-corrected chi connectivity index (χ2v) is 12.8. The molecule has 1 amide bonds. The highest BCUT2D eigenvalue weighted by Crippen LogP contribution is 2.26. The Morgan fingerprint density at radius 1 is 1.15 bits per heavy atom. The highest BCUT2D eigenvalue weighted by Gasteiger charge is 2.38. The number of hydrogen-bond donors (Lipinski definition) is 1. The van der Waals surface area contributed by atoms with Gasteiger partial charge in [-0.25, -0.2) is 18.2 Å². The number of aromatic nitrogens is 1. The summed E-state index contributed by atoms with van der Waals surface area (Å²) in [5.74, 6) is -1.21. The fraction of sp³-hybridized carbons (Fsp3) is 0.609. The van der Waals surface area contributed by atoms with Crippen LogP contribution < -0.4 is 4.72 Å². The molecule has 0 unspecified atom stereocenters. The molecule has 0 saturated carbocycles. The van der Waals surface area contributed by atoms with E-state index in [1.165, 1.54) is 11.9 Å². The van der Waals surface area contributed by atoms with E-state index in [0.29, 0.717) is 5.52 Å². The van der Waals surface area contributed by atoms with Gasteiger partial charge in [-0.05, 0) is 51.2 Å². The lowest BCUT2D eigenvalue weighted by molar-refractivity contribution is -0.166. The molecule has 33 heavy (non-hydrogen) atoms. The van der Waals surface area contributed by atoms with Gasteiger partial charge in [0.2, 0.25) is 10.2 Å². The number of nitrogens with zero attached hydrogens (tertiary/aromatic N) is 2. The molecule has 184 valence electrons. The normalized spacial score (nSPS) is 14.5. The zero-order valence-electron chi connectivity index (χ0n) is 20.6. The fourth-order valence-corrected chi connectivity index (χ4v) is 5.94. The van der Waals surface area contributed by atoms with Crippen LogP contribution in [-0.2, 0) is 24.3 Å². The molecule has 1 aromatic heterocycles. The van der Waals surface area contributed by atoms with Gasteiger partial charge in [-0.1, -0.05) is 39.8 Å². The molecule has 1 aromatic carbocycles. The van der Waals surface area contributed by atoms with Crippen molar-refractivity contribution in [2.75, 3.05) is 7.05 Å². The Morgan fingerprint density at radius 2 is 1.76 bits per heavy atom. The topological polar surface area (TPSA) is 106 Å². The molecule has 1 N–H and O–H groups in total. The van der Waals surface area contributed by atoms with Gasteiger partial charge in [0, 0.05) is 7.05 Å². The third-order valence-corrected chi connectivity index (χ3v) is 7.74. The first-order valence-corrected chi connectivity index (χ1v) is 13.3. The summed E-state index contributed by atoms with van der Waals surface area (Å²) in [7, 11) is -2.54. The van der Waals surface area contributed by atoms with E-state index in [9.17, 15) is 18.0 Å². The molecule has 1 heterocycles. The fourth-order valence-electron chi connectivity index (χ4n) is 3.50. The number of amides is 1. The lowest BCUT2D eigenvalue weighted by Gasteiger charge is -2.34. The van der Waals surface area contributed by atoms with Gasteiger partial charge in [-0.3, -0.25) is 4.79 Å². The van der Waals surface area contributed by atoms with Crippen molar-refractivity contribution in [3.8, 4) is 0 Å². The summed E-state index contributed by atoms with van der Waals surface area (Å²) < 4.78 is 34.9. The van der Waals surface area contributed by atoms with E-state index in [1.807, 2.05) is 33.8 Å². The number of carbonyl (C=O) groups is 2. The Bertz CT molecular complexity index is 1050. The number of thiazole rings is 1. The zero-order chi connectivity index (χ0) is 25.1. The minimum Gasteiger partial charge on any atom is -0.458 e. The molecular formula is C23H35N3O5S2. The molecule has 0 bridgehead atoms. The molecule has 0 spiro atoms. The van der Waals surface area contributed by atoms with Gasteiger partial charge in [-0.15, -0.1) is 11.3 Å². The van der Waals surface area contributed by atoms with Crippen molar-refractivity contribution in [3.05, 3.63) is 24.3 Å². The van der Waals surface area contributed by atoms with Gasteiger partial charge in [0.15, 0.2) is 0 Å². The maximum Gasteiger partial charge on any atom is 0.329 e. The van der Waals surface area contributed by atoms with Gasteiger partial charge in [-0.2, -0.15) is 4.72 Å². The number of likely N-dealkylation sites (N-methyl/N-ethyl adjacent to an activating group) is 1. The van der Waals surface area contributed by atoms with Crippen LogP contribution in [0, 0.1) is 11.8 Å². The van der Waals surface area contributed by atoms with Crippen molar-refractivity contribution in [1.29, 1.82) is 0 Å². The number of hydrogen-bond acceptors (Lipinski definition) is 7. The third kappa shape index (κ3) is 7.22.